The Hall–Kier alpha value is -6.33. The first-order valence-electron chi connectivity index (χ1n) is 21.8. The monoisotopic (exact) mass is 888 g/mol. The summed E-state index contributed by atoms with van der Waals surface area (Å²) in [5.41, 5.74) is 5.08. The fourth-order valence-corrected chi connectivity index (χ4v) is 11.0. The first kappa shape index (κ1) is 41.7. The number of aromatic nitrogens is 7. The highest BCUT2D eigenvalue weighted by Gasteiger charge is 2.59. The van der Waals surface area contributed by atoms with Crippen molar-refractivity contribution in [1.82, 2.24) is 38.5 Å². The number of amides is 1. The summed E-state index contributed by atoms with van der Waals surface area (Å²) in [5.74, 6) is -0.218. The third kappa shape index (κ3) is 6.78. The molecule has 64 heavy (non-hydrogen) atoms. The number of imidazole rings is 1. The van der Waals surface area contributed by atoms with Gasteiger partial charge in [0.2, 0.25) is 0 Å². The highest BCUT2D eigenvalue weighted by molar-refractivity contribution is 7.90. The van der Waals surface area contributed by atoms with Crippen molar-refractivity contribution in [3.05, 3.63) is 145 Å². The topological polar surface area (TPSA) is 172 Å². The molecule has 1 saturated heterocycles. The average molecular weight is 889 g/mol. The van der Waals surface area contributed by atoms with E-state index in [0.29, 0.717) is 95.2 Å². The van der Waals surface area contributed by atoms with Gasteiger partial charge >= 0.3 is 11.4 Å². The number of aryl methyl sites for hydroxylation is 2. The van der Waals surface area contributed by atoms with E-state index in [-0.39, 0.29) is 29.1 Å². The van der Waals surface area contributed by atoms with E-state index < -0.39 is 32.9 Å². The number of hydrogen-bond donors (Lipinski definition) is 1. The van der Waals surface area contributed by atoms with Crippen molar-refractivity contribution in [2.75, 3.05) is 25.5 Å². The lowest BCUT2D eigenvalue weighted by Gasteiger charge is -2.34. The Morgan fingerprint density at radius 1 is 0.953 bits per heavy atom. The van der Waals surface area contributed by atoms with Gasteiger partial charge < -0.3 is 14.2 Å². The lowest BCUT2D eigenvalue weighted by atomic mass is 9.91. The van der Waals surface area contributed by atoms with Crippen molar-refractivity contribution in [3.63, 3.8) is 0 Å². The Balaban J connectivity index is 1.10. The van der Waals surface area contributed by atoms with Gasteiger partial charge in [0.1, 0.15) is 22.9 Å². The van der Waals surface area contributed by atoms with Crippen molar-refractivity contribution < 1.29 is 26.9 Å². The van der Waals surface area contributed by atoms with E-state index in [1.807, 2.05) is 17.6 Å². The number of ether oxygens (including phenoxy) is 1. The SMILES string of the molecule is CCS(=O)(=O)Cc1ccc(-n2ccn(-c3c4c(nn3-c3cc(C)c(F)c(C)c3)CCN(C(=O)c3cc5cc(C6CCOCC6)ccc5n3C3(c5noc(=O)[nH]5)CC3C)C4C)c2=O)cc1. The molecule has 3 aliphatic rings. The van der Waals surface area contributed by atoms with Crippen LogP contribution in [0.25, 0.3) is 28.1 Å². The minimum absolute atomic E-state index is 0.0138. The zero-order valence-corrected chi connectivity index (χ0v) is 37.1. The molecule has 7 aromatic rings. The van der Waals surface area contributed by atoms with Gasteiger partial charge in [-0.2, -0.15) is 5.10 Å². The normalized spacial score (nSPS) is 20.2. The van der Waals surface area contributed by atoms with Crippen molar-refractivity contribution in [1.29, 1.82) is 0 Å². The standard InChI is InChI=1S/C47H49FN8O7S/c1-6-64(60,61)26-31-7-10-35(11-8-31)53-17-18-54(46(53)59)42-40-30(5)52(16-13-37(40)50-56(42)36-21-27(2)41(48)28(3)22-36)43(57)39-24-34-23-33(32-14-19-62-20-15-32)9-12-38(34)55(39)47(25-29(47)4)44-49-45(58)63-51-44/h7-12,17-18,21-24,29-30,32H,6,13-16,19-20,25-26H2,1-5H3,(H,49,51,58). The summed E-state index contributed by atoms with van der Waals surface area (Å²) in [6, 6.07) is 17.9. The van der Waals surface area contributed by atoms with Crippen molar-refractivity contribution >= 4 is 26.6 Å². The number of rotatable bonds is 10. The zero-order valence-electron chi connectivity index (χ0n) is 36.3. The molecule has 0 radical (unpaired) electrons. The van der Waals surface area contributed by atoms with Gasteiger partial charge in [-0.1, -0.05) is 37.2 Å². The number of sulfone groups is 1. The third-order valence-electron chi connectivity index (χ3n) is 13.7. The average Bonchev–Trinajstić information content (AvgIpc) is 3.78. The molecule has 0 spiro atoms. The molecule has 0 bridgehead atoms. The van der Waals surface area contributed by atoms with Gasteiger partial charge in [-0.05, 0) is 117 Å². The minimum atomic E-state index is -3.26. The second-order valence-corrected chi connectivity index (χ2v) is 20.0. The summed E-state index contributed by atoms with van der Waals surface area (Å²) in [6.45, 7) is 10.7. The largest absolute Gasteiger partial charge is 0.438 e. The van der Waals surface area contributed by atoms with Crippen LogP contribution in [0.15, 0.2) is 87.2 Å². The third-order valence-corrected chi connectivity index (χ3v) is 15.3. The Bertz CT molecular complexity index is 3200. The van der Waals surface area contributed by atoms with E-state index in [4.69, 9.17) is 14.4 Å². The number of carbonyl (C=O) groups is 1. The number of aromatic amines is 1. The fraction of sp³-hybridized carbons (Fsp3) is 0.383. The lowest BCUT2D eigenvalue weighted by Crippen LogP contribution is -2.41. The highest BCUT2D eigenvalue weighted by Crippen LogP contribution is 2.56. The number of nitrogens with one attached hydrogen (secondary N) is 1. The second-order valence-electron chi connectivity index (χ2n) is 17.6. The Morgan fingerprint density at radius 3 is 2.31 bits per heavy atom. The molecule has 1 N–H and O–H groups in total. The smallest absolute Gasteiger partial charge is 0.381 e. The minimum Gasteiger partial charge on any atom is -0.381 e. The molecule has 332 valence electrons. The molecular formula is C47H49FN8O7S. The molecule has 17 heteroatoms. The van der Waals surface area contributed by atoms with Gasteiger partial charge in [0.05, 0.1) is 28.9 Å². The molecule has 2 aliphatic heterocycles. The lowest BCUT2D eigenvalue weighted by molar-refractivity contribution is 0.0663. The summed E-state index contributed by atoms with van der Waals surface area (Å²) in [7, 11) is -3.26. The summed E-state index contributed by atoms with van der Waals surface area (Å²) in [6.07, 6.45) is 6.09. The van der Waals surface area contributed by atoms with E-state index in [0.717, 1.165) is 23.7 Å². The van der Waals surface area contributed by atoms with Crippen LogP contribution in [-0.4, -0.2) is 78.4 Å². The molecule has 1 aliphatic carbocycles. The summed E-state index contributed by atoms with van der Waals surface area (Å²) in [4.78, 5) is 47.0. The van der Waals surface area contributed by atoms with Crippen LogP contribution in [0, 0.1) is 25.6 Å². The molecule has 4 aromatic heterocycles. The highest BCUT2D eigenvalue weighted by atomic mass is 32.2. The second kappa shape index (κ2) is 15.4. The summed E-state index contributed by atoms with van der Waals surface area (Å²) < 4.78 is 57.1. The summed E-state index contributed by atoms with van der Waals surface area (Å²) in [5, 5.41) is 10.1. The van der Waals surface area contributed by atoms with E-state index in [2.05, 4.69) is 35.3 Å². The Kier molecular flexibility index (Phi) is 10.0. The Morgan fingerprint density at radius 2 is 1.66 bits per heavy atom. The fourth-order valence-electron chi connectivity index (χ4n) is 10.1. The van der Waals surface area contributed by atoms with Crippen molar-refractivity contribution in [2.24, 2.45) is 5.92 Å². The molecular weight excluding hydrogens is 840 g/mol. The molecule has 3 atom stereocenters. The van der Waals surface area contributed by atoms with E-state index in [9.17, 15) is 18.0 Å². The van der Waals surface area contributed by atoms with Gasteiger partial charge in [-0.15, -0.1) is 0 Å². The predicted octanol–water partition coefficient (Wildman–Crippen LogP) is 6.57. The first-order chi connectivity index (χ1) is 30.7. The van der Waals surface area contributed by atoms with Crippen molar-refractivity contribution in [3.8, 4) is 17.2 Å². The molecule has 1 saturated carbocycles. The van der Waals surface area contributed by atoms with E-state index >= 15 is 9.18 Å². The van der Waals surface area contributed by atoms with Crippen LogP contribution >= 0.6 is 0 Å². The van der Waals surface area contributed by atoms with E-state index in [1.165, 1.54) is 14.7 Å². The van der Waals surface area contributed by atoms with Crippen LogP contribution in [0.1, 0.15) is 102 Å². The van der Waals surface area contributed by atoms with E-state index in [1.54, 1.807) is 79.1 Å². The number of carbonyl (C=O) groups excluding carboxylic acids is 1. The maximum Gasteiger partial charge on any atom is 0.438 e. The van der Waals surface area contributed by atoms with Gasteiger partial charge in [-0.3, -0.25) is 23.4 Å². The molecule has 10 rings (SSSR count). The number of halogens is 1. The maximum absolute atomic E-state index is 15.4. The Labute approximate surface area is 368 Å². The van der Waals surface area contributed by atoms with Crippen LogP contribution in [0.2, 0.25) is 0 Å². The predicted molar refractivity (Wildman–Crippen MR) is 237 cm³/mol. The quantitative estimate of drug-likeness (QED) is 0.159. The summed E-state index contributed by atoms with van der Waals surface area (Å²) >= 11 is 0. The molecule has 6 heterocycles. The number of H-pyrrole nitrogens is 1. The maximum atomic E-state index is 15.4. The van der Waals surface area contributed by atoms with Gasteiger partial charge in [0.15, 0.2) is 15.7 Å². The number of fused-ring (bicyclic) bond motifs is 2. The van der Waals surface area contributed by atoms with Gasteiger partial charge in [-0.25, -0.2) is 27.1 Å². The first-order valence-corrected chi connectivity index (χ1v) is 23.6. The molecule has 2 fully saturated rings. The zero-order chi connectivity index (χ0) is 44.8. The van der Waals surface area contributed by atoms with Crippen LogP contribution in [0.3, 0.4) is 0 Å². The molecule has 3 aromatic carbocycles. The number of benzene rings is 3. The van der Waals surface area contributed by atoms with Crippen LogP contribution in [0.4, 0.5) is 4.39 Å². The van der Waals surface area contributed by atoms with Crippen molar-refractivity contribution in [2.45, 2.75) is 83.6 Å². The number of nitrogens with zero attached hydrogens (tertiary/aromatic N) is 7. The van der Waals surface area contributed by atoms with Gasteiger partial charge in [0.25, 0.3) is 5.91 Å². The van der Waals surface area contributed by atoms with Gasteiger partial charge in [0, 0.05) is 60.8 Å². The molecule has 1 amide bonds. The van der Waals surface area contributed by atoms with Crippen LogP contribution in [-0.2, 0) is 32.3 Å². The van der Waals surface area contributed by atoms with Crippen LogP contribution in [0.5, 0.6) is 0 Å². The molecule has 3 unspecified atom stereocenters. The molecule has 15 nitrogen and oxygen atoms in total. The van der Waals surface area contributed by atoms with Crippen LogP contribution < -0.4 is 11.4 Å². The number of hydrogen-bond acceptors (Lipinski definition) is 9.